The van der Waals surface area contributed by atoms with Crippen LogP contribution in [0, 0.1) is 0 Å². The summed E-state index contributed by atoms with van der Waals surface area (Å²) < 4.78 is 14.7. The van der Waals surface area contributed by atoms with E-state index in [-0.39, 0.29) is 0 Å². The van der Waals surface area contributed by atoms with Crippen molar-refractivity contribution < 1.29 is 24.0 Å². The van der Waals surface area contributed by atoms with Crippen molar-refractivity contribution in [2.75, 3.05) is 19.7 Å². The molecular weight excluding hydrogens is 196 g/mol. The Labute approximate surface area is 88.0 Å². The van der Waals surface area contributed by atoms with Gasteiger partial charge in [0.05, 0.1) is 0 Å². The third-order valence-electron chi connectivity index (χ3n) is 1.11. The minimum atomic E-state index is -4.64. The predicted octanol–water partition coefficient (Wildman–Crippen LogP) is -1.83. The molecule has 0 aromatic heterocycles. The molecule has 0 spiro atoms. The zero-order valence-corrected chi connectivity index (χ0v) is 9.70. The van der Waals surface area contributed by atoms with Crippen molar-refractivity contribution in [2.45, 2.75) is 3.35 Å². The zero-order chi connectivity index (χ0) is 9.61. The first-order valence-corrected chi connectivity index (χ1v) is 6.22. The van der Waals surface area contributed by atoms with Gasteiger partial charge in [-0.05, 0) is 0 Å². The molecule has 1 aliphatic heterocycles. The van der Waals surface area contributed by atoms with Crippen LogP contribution in [-0.4, -0.2) is 65.7 Å². The molecule has 6 nitrogen and oxygen atoms in total. The van der Waals surface area contributed by atoms with Crippen molar-refractivity contribution in [3.8, 4) is 0 Å². The normalized spacial score (nSPS) is 24.2. The van der Waals surface area contributed by atoms with Gasteiger partial charge in [0.15, 0.2) is 0 Å². The molecule has 0 aromatic rings. The molecule has 0 amide bonds. The number of phosphoric acid groups is 1. The molecule has 68 valence electrons. The summed E-state index contributed by atoms with van der Waals surface area (Å²) in [5.74, 6) is 0. The van der Waals surface area contributed by atoms with E-state index in [4.69, 9.17) is 24.0 Å². The number of hydrogen-bond donors (Lipinski definition) is 4. The summed E-state index contributed by atoms with van der Waals surface area (Å²) in [6.45, 7) is 3.03. The van der Waals surface area contributed by atoms with Crippen molar-refractivity contribution in [1.82, 2.24) is 5.32 Å². The van der Waals surface area contributed by atoms with Gasteiger partial charge in [-0.3, -0.25) is 0 Å². The van der Waals surface area contributed by atoms with Crippen LogP contribution in [0.3, 0.4) is 0 Å². The van der Waals surface area contributed by atoms with E-state index in [0.29, 0.717) is 3.35 Å². The summed E-state index contributed by atoms with van der Waals surface area (Å²) >= 11 is 1.17. The van der Waals surface area contributed by atoms with Crippen LogP contribution in [0.1, 0.15) is 0 Å². The summed E-state index contributed by atoms with van der Waals surface area (Å²) in [5.41, 5.74) is 0. The Bertz CT molecular complexity index is 147. The van der Waals surface area contributed by atoms with E-state index in [9.17, 15) is 0 Å². The molecule has 4 N–H and O–H groups in total. The van der Waals surface area contributed by atoms with Crippen LogP contribution in [0.25, 0.3) is 0 Å². The standard InChI is InChI=1S/C4H8NO.Na.H3O4P/c1-3-6-4-2-5-1;;1-5(2,3)4/h3,5H,1-2,4H2;;(H3,1,2,3,4). The Morgan fingerprint density at radius 1 is 1.50 bits per heavy atom. The third kappa shape index (κ3) is 13.6. The Morgan fingerprint density at radius 2 is 2.00 bits per heavy atom. The predicted molar refractivity (Wildman–Crippen MR) is 42.6 cm³/mol. The van der Waals surface area contributed by atoms with Gasteiger partial charge in [-0.25, -0.2) is 4.57 Å². The number of rotatable bonds is 0. The molecule has 1 atom stereocenters. The van der Waals surface area contributed by atoms with Crippen molar-refractivity contribution in [1.29, 1.82) is 0 Å². The second kappa shape index (κ2) is 6.48. The Morgan fingerprint density at radius 3 is 2.17 bits per heavy atom. The topological polar surface area (TPSA) is 99.0 Å². The molecule has 1 rings (SSSR count). The van der Waals surface area contributed by atoms with Crippen LogP contribution in [-0.2, 0) is 9.30 Å². The summed E-state index contributed by atoms with van der Waals surface area (Å²) in [6, 6.07) is 0. The van der Waals surface area contributed by atoms with E-state index in [0.717, 1.165) is 19.7 Å². The van der Waals surface area contributed by atoms with Crippen LogP contribution in [0.5, 0.6) is 0 Å². The molecule has 0 aromatic carbocycles. The molecule has 1 aliphatic rings. The average Bonchev–Trinajstić information content (AvgIpc) is 1.85. The van der Waals surface area contributed by atoms with E-state index in [1.54, 1.807) is 0 Å². The minimum absolute atomic E-state index is 0.564. The number of hydrogen-bond acceptors (Lipinski definition) is 3. The fourth-order valence-electron chi connectivity index (χ4n) is 0.697. The van der Waals surface area contributed by atoms with Gasteiger partial charge < -0.3 is 14.7 Å². The van der Waals surface area contributed by atoms with Crippen LogP contribution in [0.2, 0.25) is 0 Å². The van der Waals surface area contributed by atoms with Crippen molar-refractivity contribution >= 4 is 35.8 Å². The fraction of sp³-hybridized carbons (Fsp3) is 1.00. The maximum atomic E-state index is 8.88. The first-order chi connectivity index (χ1) is 5.39. The second-order valence-corrected chi connectivity index (χ2v) is 4.71. The van der Waals surface area contributed by atoms with Crippen LogP contribution in [0.4, 0.5) is 0 Å². The van der Waals surface area contributed by atoms with Crippen molar-refractivity contribution in [3.63, 3.8) is 0 Å². The summed E-state index contributed by atoms with van der Waals surface area (Å²) in [7, 11) is -4.64. The number of nitrogens with one attached hydrogen (secondary N) is 1. The fourth-order valence-corrected chi connectivity index (χ4v) is 1.22. The van der Waals surface area contributed by atoms with Gasteiger partial charge in [0.2, 0.25) is 0 Å². The Balaban J connectivity index is 0.000000217. The molecule has 1 saturated heterocycles. The quantitative estimate of drug-likeness (QED) is 0.275. The number of ether oxygens (including phenoxy) is 1. The molecular formula is C4H11NNaO5P. The van der Waals surface area contributed by atoms with E-state index in [1.165, 1.54) is 27.9 Å². The third-order valence-corrected chi connectivity index (χ3v) is 1.85. The van der Waals surface area contributed by atoms with Crippen molar-refractivity contribution in [3.05, 3.63) is 0 Å². The number of morpholine rings is 1. The molecule has 1 unspecified atom stereocenters. The van der Waals surface area contributed by atoms with Gasteiger partial charge in [0.1, 0.15) is 0 Å². The summed E-state index contributed by atoms with van der Waals surface area (Å²) in [4.78, 5) is 21.6. The molecule has 1 heterocycles. The Kier molecular flexibility index (Phi) is 7.03. The van der Waals surface area contributed by atoms with Gasteiger partial charge >= 0.3 is 68.9 Å². The maximum absolute atomic E-state index is 8.88. The van der Waals surface area contributed by atoms with Crippen LogP contribution >= 0.6 is 7.82 Å². The first kappa shape index (κ1) is 13.0. The zero-order valence-electron chi connectivity index (χ0n) is 6.80. The van der Waals surface area contributed by atoms with Gasteiger partial charge in [-0.2, -0.15) is 0 Å². The average molecular weight is 207 g/mol. The molecule has 0 aliphatic carbocycles. The van der Waals surface area contributed by atoms with Crippen molar-refractivity contribution in [2.24, 2.45) is 0 Å². The van der Waals surface area contributed by atoms with Gasteiger partial charge in [0, 0.05) is 0 Å². The second-order valence-electron chi connectivity index (χ2n) is 2.40. The van der Waals surface area contributed by atoms with Gasteiger partial charge in [0.25, 0.3) is 0 Å². The summed E-state index contributed by atoms with van der Waals surface area (Å²) in [5, 5.41) is 3.24. The Hall–Kier alpha value is 1.03. The monoisotopic (exact) mass is 207 g/mol. The molecule has 0 saturated carbocycles. The first-order valence-electron chi connectivity index (χ1n) is 3.50. The summed E-state index contributed by atoms with van der Waals surface area (Å²) in [6.07, 6.45) is 0. The van der Waals surface area contributed by atoms with Gasteiger partial charge in [-0.1, -0.05) is 0 Å². The van der Waals surface area contributed by atoms with E-state index in [2.05, 4.69) is 5.32 Å². The van der Waals surface area contributed by atoms with Crippen LogP contribution in [0.15, 0.2) is 0 Å². The van der Waals surface area contributed by atoms with E-state index in [1.807, 2.05) is 0 Å². The molecule has 0 bridgehead atoms. The molecule has 1 fully saturated rings. The van der Waals surface area contributed by atoms with Gasteiger partial charge in [-0.15, -0.1) is 0 Å². The molecule has 0 radical (unpaired) electrons. The SMILES string of the molecule is O=P(O)(O)O.[Na][CH]1CNCCO1. The molecule has 8 heteroatoms. The molecule has 12 heavy (non-hydrogen) atoms. The van der Waals surface area contributed by atoms with Crippen LogP contribution < -0.4 is 5.32 Å². The van der Waals surface area contributed by atoms with E-state index >= 15 is 0 Å². The van der Waals surface area contributed by atoms with E-state index < -0.39 is 7.82 Å².